The lowest BCUT2D eigenvalue weighted by Crippen LogP contribution is -2.30. The van der Waals surface area contributed by atoms with Crippen LogP contribution in [0.1, 0.15) is 30.9 Å². The molecule has 1 heterocycles. The van der Waals surface area contributed by atoms with Crippen LogP contribution < -0.4 is 5.56 Å². The third kappa shape index (κ3) is 1.71. The van der Waals surface area contributed by atoms with Gasteiger partial charge >= 0.3 is 0 Å². The summed E-state index contributed by atoms with van der Waals surface area (Å²) in [5, 5.41) is 1.18. The van der Waals surface area contributed by atoms with E-state index >= 15 is 0 Å². The molecule has 2 aromatic rings. The van der Waals surface area contributed by atoms with Crippen molar-refractivity contribution in [2.24, 2.45) is 0 Å². The highest BCUT2D eigenvalue weighted by atomic mass is 35.5. The zero-order valence-electron chi connectivity index (χ0n) is 10.00. The van der Waals surface area contributed by atoms with Crippen molar-refractivity contribution >= 4 is 34.7 Å². The molecule has 0 saturated heterocycles. The molecule has 0 atom stereocenters. The number of rotatable bonds is 1. The Kier molecular flexibility index (Phi) is 2.79. The fraction of sp³-hybridized carbons (Fsp3) is 0.385. The largest absolute Gasteiger partial charge is 0.330 e. The standard InChI is InChI=1S/C13H13ClN2OS/c1-7-5-9-11(10(14)6-7)15-13(18)16(12(9)17)8-3-2-4-8/h5-6,8H,2-4H2,1H3,(H,15,18). The van der Waals surface area contributed by atoms with Crippen molar-refractivity contribution in [1.29, 1.82) is 0 Å². The van der Waals surface area contributed by atoms with E-state index in [4.69, 9.17) is 23.8 Å². The lowest BCUT2D eigenvalue weighted by Gasteiger charge is -2.27. The van der Waals surface area contributed by atoms with Crippen molar-refractivity contribution in [2.75, 3.05) is 0 Å². The first-order valence-electron chi connectivity index (χ1n) is 6.02. The number of aromatic amines is 1. The molecular formula is C13H13ClN2OS. The van der Waals surface area contributed by atoms with Gasteiger partial charge in [-0.3, -0.25) is 9.36 Å². The molecule has 1 fully saturated rings. The summed E-state index contributed by atoms with van der Waals surface area (Å²) < 4.78 is 2.18. The summed E-state index contributed by atoms with van der Waals surface area (Å²) in [6.45, 7) is 1.93. The second kappa shape index (κ2) is 4.21. The second-order valence-electron chi connectivity index (χ2n) is 4.86. The zero-order chi connectivity index (χ0) is 12.9. The average Bonchev–Trinajstić information content (AvgIpc) is 2.23. The average molecular weight is 281 g/mol. The van der Waals surface area contributed by atoms with E-state index in [1.54, 1.807) is 4.57 Å². The van der Waals surface area contributed by atoms with E-state index in [1.807, 2.05) is 19.1 Å². The Balaban J connectivity index is 2.40. The summed E-state index contributed by atoms with van der Waals surface area (Å²) in [4.78, 5) is 15.6. The Bertz CT molecular complexity index is 743. The predicted octanol–water partition coefficient (Wildman–Crippen LogP) is 3.75. The third-order valence-corrected chi connectivity index (χ3v) is 4.17. The van der Waals surface area contributed by atoms with Gasteiger partial charge in [-0.1, -0.05) is 11.6 Å². The van der Waals surface area contributed by atoms with Crippen molar-refractivity contribution in [1.82, 2.24) is 9.55 Å². The van der Waals surface area contributed by atoms with Crippen LogP contribution in [-0.2, 0) is 0 Å². The van der Waals surface area contributed by atoms with Gasteiger partial charge in [0.25, 0.3) is 5.56 Å². The summed E-state index contributed by atoms with van der Waals surface area (Å²) in [5.41, 5.74) is 1.60. The third-order valence-electron chi connectivity index (χ3n) is 3.57. The molecule has 1 aliphatic carbocycles. The van der Waals surface area contributed by atoms with Gasteiger partial charge in [0, 0.05) is 6.04 Å². The normalized spacial score (nSPS) is 15.9. The SMILES string of the molecule is Cc1cc(Cl)c2[nH]c(=S)n(C3CCC3)c(=O)c2c1. The molecule has 0 radical (unpaired) electrons. The summed E-state index contributed by atoms with van der Waals surface area (Å²) in [5.74, 6) is 0. The smallest absolute Gasteiger partial charge is 0.262 e. The fourth-order valence-corrected chi connectivity index (χ4v) is 3.06. The first-order valence-corrected chi connectivity index (χ1v) is 6.81. The summed E-state index contributed by atoms with van der Waals surface area (Å²) in [6, 6.07) is 3.96. The van der Waals surface area contributed by atoms with E-state index in [-0.39, 0.29) is 11.6 Å². The molecule has 0 amide bonds. The predicted molar refractivity (Wildman–Crippen MR) is 76.0 cm³/mol. The van der Waals surface area contributed by atoms with Crippen LogP contribution in [0.4, 0.5) is 0 Å². The number of aryl methyl sites for hydroxylation is 1. The monoisotopic (exact) mass is 280 g/mol. The summed E-state index contributed by atoms with van der Waals surface area (Å²) in [6.07, 6.45) is 3.23. The summed E-state index contributed by atoms with van der Waals surface area (Å²) in [7, 11) is 0. The van der Waals surface area contributed by atoms with E-state index in [2.05, 4.69) is 4.98 Å². The topological polar surface area (TPSA) is 37.8 Å². The van der Waals surface area contributed by atoms with Crippen LogP contribution in [0, 0.1) is 11.7 Å². The molecule has 5 heteroatoms. The van der Waals surface area contributed by atoms with Crippen molar-refractivity contribution in [3.05, 3.63) is 37.8 Å². The lowest BCUT2D eigenvalue weighted by atomic mass is 9.93. The quantitative estimate of drug-likeness (QED) is 0.808. The van der Waals surface area contributed by atoms with Gasteiger partial charge in [0.1, 0.15) is 0 Å². The van der Waals surface area contributed by atoms with Gasteiger partial charge in [-0.2, -0.15) is 0 Å². The van der Waals surface area contributed by atoms with Crippen LogP contribution in [0.2, 0.25) is 5.02 Å². The molecule has 1 aromatic heterocycles. The van der Waals surface area contributed by atoms with Gasteiger partial charge < -0.3 is 4.98 Å². The number of benzene rings is 1. The van der Waals surface area contributed by atoms with Gasteiger partial charge in [-0.25, -0.2) is 0 Å². The van der Waals surface area contributed by atoms with Crippen molar-refractivity contribution in [3.63, 3.8) is 0 Å². The zero-order valence-corrected chi connectivity index (χ0v) is 11.6. The Morgan fingerprint density at radius 1 is 1.44 bits per heavy atom. The molecule has 3 nitrogen and oxygen atoms in total. The fourth-order valence-electron chi connectivity index (χ4n) is 2.40. The number of halogens is 1. The maximum absolute atomic E-state index is 12.5. The van der Waals surface area contributed by atoms with E-state index in [0.717, 1.165) is 18.4 Å². The van der Waals surface area contributed by atoms with Crippen LogP contribution in [-0.4, -0.2) is 9.55 Å². The molecule has 0 unspecified atom stereocenters. The Morgan fingerprint density at radius 2 is 2.17 bits per heavy atom. The molecule has 94 valence electrons. The Hall–Kier alpha value is -1.13. The van der Waals surface area contributed by atoms with Crippen LogP contribution >= 0.6 is 23.8 Å². The van der Waals surface area contributed by atoms with E-state index < -0.39 is 0 Å². The molecule has 1 aliphatic rings. The van der Waals surface area contributed by atoms with Crippen LogP contribution in [0.25, 0.3) is 10.9 Å². The molecule has 3 rings (SSSR count). The van der Waals surface area contributed by atoms with Crippen molar-refractivity contribution < 1.29 is 0 Å². The van der Waals surface area contributed by atoms with Crippen molar-refractivity contribution in [2.45, 2.75) is 32.2 Å². The molecule has 0 spiro atoms. The number of H-pyrrole nitrogens is 1. The second-order valence-corrected chi connectivity index (χ2v) is 5.65. The minimum absolute atomic E-state index is 0.0240. The number of fused-ring (bicyclic) bond motifs is 1. The van der Waals surface area contributed by atoms with E-state index in [9.17, 15) is 4.79 Å². The molecule has 0 bridgehead atoms. The summed E-state index contributed by atoms with van der Waals surface area (Å²) >= 11 is 11.4. The van der Waals surface area contributed by atoms with Gasteiger partial charge in [0.15, 0.2) is 4.77 Å². The maximum Gasteiger partial charge on any atom is 0.262 e. The Morgan fingerprint density at radius 3 is 2.78 bits per heavy atom. The van der Waals surface area contributed by atoms with Gasteiger partial charge in [-0.15, -0.1) is 0 Å². The first kappa shape index (κ1) is 11.9. The number of hydrogen-bond donors (Lipinski definition) is 1. The maximum atomic E-state index is 12.5. The van der Waals surface area contributed by atoms with Gasteiger partial charge in [0.05, 0.1) is 15.9 Å². The highest BCUT2D eigenvalue weighted by Crippen LogP contribution is 2.31. The van der Waals surface area contributed by atoms with Gasteiger partial charge in [-0.05, 0) is 56.1 Å². The molecule has 0 aliphatic heterocycles. The number of nitrogens with one attached hydrogen (secondary N) is 1. The van der Waals surface area contributed by atoms with Crippen LogP contribution in [0.15, 0.2) is 16.9 Å². The van der Waals surface area contributed by atoms with Crippen LogP contribution in [0.5, 0.6) is 0 Å². The lowest BCUT2D eigenvalue weighted by molar-refractivity contribution is 0.302. The van der Waals surface area contributed by atoms with E-state index in [1.165, 1.54) is 6.42 Å². The molecule has 1 aromatic carbocycles. The number of hydrogen-bond acceptors (Lipinski definition) is 2. The highest BCUT2D eigenvalue weighted by Gasteiger charge is 2.22. The number of aromatic nitrogens is 2. The van der Waals surface area contributed by atoms with Gasteiger partial charge in [0.2, 0.25) is 0 Å². The minimum atomic E-state index is -0.0240. The van der Waals surface area contributed by atoms with E-state index in [0.29, 0.717) is 20.7 Å². The minimum Gasteiger partial charge on any atom is -0.330 e. The van der Waals surface area contributed by atoms with Crippen molar-refractivity contribution in [3.8, 4) is 0 Å². The molecular weight excluding hydrogens is 268 g/mol. The first-order chi connectivity index (χ1) is 8.58. The Labute approximate surface area is 114 Å². The highest BCUT2D eigenvalue weighted by molar-refractivity contribution is 7.71. The molecule has 1 saturated carbocycles. The number of nitrogens with zero attached hydrogens (tertiary/aromatic N) is 1. The molecule has 1 N–H and O–H groups in total. The molecule has 18 heavy (non-hydrogen) atoms. The van der Waals surface area contributed by atoms with Crippen LogP contribution in [0.3, 0.4) is 0 Å².